The van der Waals surface area contributed by atoms with E-state index in [1.807, 2.05) is 69.3 Å². The summed E-state index contributed by atoms with van der Waals surface area (Å²) in [4.78, 5) is 26.1. The summed E-state index contributed by atoms with van der Waals surface area (Å²) in [5.41, 5.74) is 3.62. The first-order valence-corrected chi connectivity index (χ1v) is 7.60. The summed E-state index contributed by atoms with van der Waals surface area (Å²) in [6, 6.07) is 15.2. The van der Waals surface area contributed by atoms with Crippen molar-refractivity contribution >= 4 is 17.5 Å². The molecule has 0 saturated carbocycles. The van der Waals surface area contributed by atoms with Crippen molar-refractivity contribution in [3.63, 3.8) is 0 Å². The Kier molecular flexibility index (Phi) is 5.16. The van der Waals surface area contributed by atoms with Crippen LogP contribution in [0.25, 0.3) is 0 Å². The molecule has 4 nitrogen and oxygen atoms in total. The highest BCUT2D eigenvalue weighted by Gasteiger charge is 2.24. The summed E-state index contributed by atoms with van der Waals surface area (Å²) in [5.74, 6) is -1.17. The number of aryl methyl sites for hydroxylation is 2. The van der Waals surface area contributed by atoms with Crippen LogP contribution in [0.1, 0.15) is 29.7 Å². The van der Waals surface area contributed by atoms with Gasteiger partial charge in [0.1, 0.15) is 0 Å². The van der Waals surface area contributed by atoms with Crippen LogP contribution >= 0.6 is 0 Å². The largest absolute Gasteiger partial charge is 0.331 e. The topological polar surface area (TPSA) is 49.4 Å². The van der Waals surface area contributed by atoms with Crippen LogP contribution in [-0.2, 0) is 9.59 Å². The van der Waals surface area contributed by atoms with Crippen LogP contribution in [0.5, 0.6) is 0 Å². The molecule has 4 heteroatoms. The second kappa shape index (κ2) is 7.09. The van der Waals surface area contributed by atoms with Gasteiger partial charge in [-0.15, -0.1) is 0 Å². The molecule has 0 aliphatic rings. The van der Waals surface area contributed by atoms with Crippen LogP contribution in [0, 0.1) is 13.8 Å². The number of benzene rings is 2. The third-order valence-electron chi connectivity index (χ3n) is 4.02. The normalized spacial score (nSPS) is 11.7. The lowest BCUT2D eigenvalue weighted by molar-refractivity contribution is -0.143. The van der Waals surface area contributed by atoms with Gasteiger partial charge in [-0.2, -0.15) is 0 Å². The van der Waals surface area contributed by atoms with Crippen molar-refractivity contribution < 1.29 is 9.59 Å². The number of anilines is 1. The molecule has 0 aliphatic carbocycles. The zero-order chi connectivity index (χ0) is 17.0. The highest BCUT2D eigenvalue weighted by molar-refractivity contribution is 6.39. The van der Waals surface area contributed by atoms with E-state index in [4.69, 9.17) is 0 Å². The van der Waals surface area contributed by atoms with Gasteiger partial charge in [-0.25, -0.2) is 0 Å². The number of carbonyl (C=O) groups is 2. The molecule has 0 saturated heterocycles. The predicted octanol–water partition coefficient (Wildman–Crippen LogP) is 3.46. The van der Waals surface area contributed by atoms with Crippen molar-refractivity contribution in [1.29, 1.82) is 0 Å². The quantitative estimate of drug-likeness (QED) is 0.883. The predicted molar refractivity (Wildman–Crippen MR) is 92.2 cm³/mol. The molecule has 0 radical (unpaired) electrons. The lowest BCUT2D eigenvalue weighted by Gasteiger charge is -2.24. The SMILES string of the molecule is Cc1ccc(C)c(NC(=O)C(=O)N(C)[C@@H](C)c2ccccc2)c1. The molecular formula is C19H22N2O2. The maximum Gasteiger partial charge on any atom is 0.313 e. The van der Waals surface area contributed by atoms with E-state index < -0.39 is 11.8 Å². The van der Waals surface area contributed by atoms with E-state index in [1.165, 1.54) is 4.90 Å². The van der Waals surface area contributed by atoms with E-state index in [0.717, 1.165) is 16.7 Å². The third kappa shape index (κ3) is 3.97. The number of hydrogen-bond donors (Lipinski definition) is 1. The van der Waals surface area contributed by atoms with Gasteiger partial charge in [-0.1, -0.05) is 42.5 Å². The minimum absolute atomic E-state index is 0.173. The molecule has 1 atom stereocenters. The van der Waals surface area contributed by atoms with Gasteiger partial charge >= 0.3 is 11.8 Å². The van der Waals surface area contributed by atoms with Crippen molar-refractivity contribution in [2.75, 3.05) is 12.4 Å². The lowest BCUT2D eigenvalue weighted by Crippen LogP contribution is -2.38. The first-order chi connectivity index (χ1) is 10.9. The molecule has 23 heavy (non-hydrogen) atoms. The van der Waals surface area contributed by atoms with E-state index in [0.29, 0.717) is 5.69 Å². The van der Waals surface area contributed by atoms with Gasteiger partial charge in [0.15, 0.2) is 0 Å². The number of hydrogen-bond acceptors (Lipinski definition) is 2. The highest BCUT2D eigenvalue weighted by Crippen LogP contribution is 2.20. The van der Waals surface area contributed by atoms with E-state index in [2.05, 4.69) is 5.32 Å². The maximum absolute atomic E-state index is 12.4. The maximum atomic E-state index is 12.4. The molecule has 0 spiro atoms. The molecule has 120 valence electrons. The van der Waals surface area contributed by atoms with Gasteiger partial charge in [-0.3, -0.25) is 9.59 Å². The Morgan fingerprint density at radius 2 is 1.70 bits per heavy atom. The summed E-state index contributed by atoms with van der Waals surface area (Å²) in [6.07, 6.45) is 0. The average molecular weight is 310 g/mol. The second-order valence-electron chi connectivity index (χ2n) is 5.78. The lowest BCUT2D eigenvalue weighted by atomic mass is 10.1. The fourth-order valence-electron chi connectivity index (χ4n) is 2.34. The van der Waals surface area contributed by atoms with Gasteiger partial charge in [-0.05, 0) is 43.5 Å². The van der Waals surface area contributed by atoms with Crippen molar-refractivity contribution in [3.8, 4) is 0 Å². The Morgan fingerprint density at radius 3 is 2.35 bits per heavy atom. The van der Waals surface area contributed by atoms with Crippen LogP contribution in [0.15, 0.2) is 48.5 Å². The molecule has 2 amide bonds. The van der Waals surface area contributed by atoms with Gasteiger partial charge in [0.2, 0.25) is 0 Å². The Morgan fingerprint density at radius 1 is 1.04 bits per heavy atom. The molecule has 2 aromatic rings. The van der Waals surface area contributed by atoms with E-state index in [1.54, 1.807) is 7.05 Å². The van der Waals surface area contributed by atoms with Gasteiger partial charge < -0.3 is 10.2 Å². The second-order valence-corrected chi connectivity index (χ2v) is 5.78. The first-order valence-electron chi connectivity index (χ1n) is 7.60. The summed E-state index contributed by atoms with van der Waals surface area (Å²) in [6.45, 7) is 5.74. The summed E-state index contributed by atoms with van der Waals surface area (Å²) in [7, 11) is 1.64. The van der Waals surface area contributed by atoms with Crippen molar-refractivity contribution in [2.24, 2.45) is 0 Å². The standard InChI is InChI=1S/C19H22N2O2/c1-13-10-11-14(2)17(12-13)20-18(22)19(23)21(4)15(3)16-8-6-5-7-9-16/h5-12,15H,1-4H3,(H,20,22)/t15-/m0/s1. The zero-order valence-electron chi connectivity index (χ0n) is 14.0. The summed E-state index contributed by atoms with van der Waals surface area (Å²) < 4.78 is 0. The van der Waals surface area contributed by atoms with Crippen LogP contribution in [0.2, 0.25) is 0 Å². The Hall–Kier alpha value is -2.62. The smallest absolute Gasteiger partial charge is 0.313 e. The van der Waals surface area contributed by atoms with Crippen LogP contribution < -0.4 is 5.32 Å². The number of rotatable bonds is 3. The molecule has 2 aromatic carbocycles. The minimum Gasteiger partial charge on any atom is -0.331 e. The number of likely N-dealkylation sites (N-methyl/N-ethyl adjacent to an activating group) is 1. The fourth-order valence-corrected chi connectivity index (χ4v) is 2.34. The molecule has 0 aromatic heterocycles. The van der Waals surface area contributed by atoms with E-state index >= 15 is 0 Å². The van der Waals surface area contributed by atoms with Crippen LogP contribution in [-0.4, -0.2) is 23.8 Å². The zero-order valence-corrected chi connectivity index (χ0v) is 14.0. The number of nitrogens with one attached hydrogen (secondary N) is 1. The average Bonchev–Trinajstić information content (AvgIpc) is 2.56. The van der Waals surface area contributed by atoms with Crippen molar-refractivity contribution in [1.82, 2.24) is 4.90 Å². The Labute approximate surface area is 137 Å². The molecular weight excluding hydrogens is 288 g/mol. The number of nitrogens with zero attached hydrogens (tertiary/aromatic N) is 1. The van der Waals surface area contributed by atoms with Gasteiger partial charge in [0, 0.05) is 12.7 Å². The summed E-state index contributed by atoms with van der Waals surface area (Å²) in [5, 5.41) is 2.71. The highest BCUT2D eigenvalue weighted by atomic mass is 16.2. The molecule has 0 bridgehead atoms. The molecule has 0 fully saturated rings. The van der Waals surface area contributed by atoms with E-state index in [-0.39, 0.29) is 6.04 Å². The van der Waals surface area contributed by atoms with E-state index in [9.17, 15) is 9.59 Å². The van der Waals surface area contributed by atoms with Crippen LogP contribution in [0.4, 0.5) is 5.69 Å². The summed E-state index contributed by atoms with van der Waals surface area (Å²) >= 11 is 0. The number of carbonyl (C=O) groups excluding carboxylic acids is 2. The molecule has 0 unspecified atom stereocenters. The molecule has 1 N–H and O–H groups in total. The molecule has 0 aliphatic heterocycles. The van der Waals surface area contributed by atoms with Crippen molar-refractivity contribution in [3.05, 3.63) is 65.2 Å². The monoisotopic (exact) mass is 310 g/mol. The Bertz CT molecular complexity index is 711. The fraction of sp³-hybridized carbons (Fsp3) is 0.263. The first kappa shape index (κ1) is 16.7. The molecule has 2 rings (SSSR count). The number of amides is 2. The molecule has 0 heterocycles. The van der Waals surface area contributed by atoms with Crippen molar-refractivity contribution in [2.45, 2.75) is 26.8 Å². The van der Waals surface area contributed by atoms with Gasteiger partial charge in [0.05, 0.1) is 6.04 Å². The Balaban J connectivity index is 2.10. The minimum atomic E-state index is -0.621. The van der Waals surface area contributed by atoms with Crippen LogP contribution in [0.3, 0.4) is 0 Å². The third-order valence-corrected chi connectivity index (χ3v) is 4.02. The van der Waals surface area contributed by atoms with Gasteiger partial charge in [0.25, 0.3) is 0 Å².